The number of rotatable bonds is 10. The fourth-order valence-electron chi connectivity index (χ4n) is 9.51. The number of hydrogen-bond donors (Lipinski definition) is 1. The van der Waals surface area contributed by atoms with Gasteiger partial charge >= 0.3 is 0 Å². The van der Waals surface area contributed by atoms with Crippen LogP contribution in [-0.2, 0) is 16.2 Å². The summed E-state index contributed by atoms with van der Waals surface area (Å²) in [6.45, 7) is 0.338. The topological polar surface area (TPSA) is 97.4 Å². The number of likely N-dealkylation sites (tertiary alicyclic amines) is 2. The minimum atomic E-state index is -1.55. The Balaban J connectivity index is 0.942. The van der Waals surface area contributed by atoms with Gasteiger partial charge < -0.3 is 29.3 Å². The zero-order valence-corrected chi connectivity index (χ0v) is 35.2. The van der Waals surface area contributed by atoms with Gasteiger partial charge in [0.1, 0.15) is 42.1 Å². The highest BCUT2D eigenvalue weighted by atomic mass is 19.1. The number of para-hydroxylation sites is 1. The molecule has 3 amide bonds. The maximum absolute atomic E-state index is 15.2. The maximum atomic E-state index is 15.2. The van der Waals surface area contributed by atoms with Crippen LogP contribution in [0.5, 0.6) is 23.0 Å². The minimum Gasteiger partial charge on any atom is -0.493 e. The van der Waals surface area contributed by atoms with Crippen molar-refractivity contribution >= 4 is 17.7 Å². The zero-order chi connectivity index (χ0) is 43.0. The van der Waals surface area contributed by atoms with Crippen molar-refractivity contribution in [2.45, 2.75) is 121 Å². The molecule has 8 rings (SSSR count). The summed E-state index contributed by atoms with van der Waals surface area (Å²) in [4.78, 5) is 44.7. The molecule has 0 bridgehead atoms. The van der Waals surface area contributed by atoms with Gasteiger partial charge in [0.25, 0.3) is 5.91 Å². The largest absolute Gasteiger partial charge is 0.493 e. The van der Waals surface area contributed by atoms with E-state index in [2.05, 4.69) is 5.32 Å². The quantitative estimate of drug-likeness (QED) is 0.171. The van der Waals surface area contributed by atoms with E-state index in [9.17, 15) is 14.4 Å². The van der Waals surface area contributed by atoms with Crippen molar-refractivity contribution in [3.05, 3.63) is 119 Å². The van der Waals surface area contributed by atoms with Crippen molar-refractivity contribution in [2.24, 2.45) is 5.92 Å². The Labute approximate surface area is 361 Å². The van der Waals surface area contributed by atoms with Crippen LogP contribution < -0.4 is 19.5 Å². The Morgan fingerprint density at radius 2 is 1.35 bits per heavy atom. The Kier molecular flexibility index (Phi) is 14.0. The molecule has 4 atom stereocenters. The molecule has 4 aromatic rings. The number of hydrogen-bond acceptors (Lipinski definition) is 6. The van der Waals surface area contributed by atoms with Crippen LogP contribution in [0.3, 0.4) is 0 Å². The molecule has 3 fully saturated rings. The number of ether oxygens (including phenoxy) is 3. The zero-order valence-electron chi connectivity index (χ0n) is 35.2. The number of nitrogens with one attached hydrogen (secondary N) is 1. The fraction of sp³-hybridized carbons (Fsp3) is 0.460. The molecule has 3 aliphatic heterocycles. The Morgan fingerprint density at radius 3 is 2.08 bits per heavy atom. The molecule has 4 aromatic carbocycles. The maximum Gasteiger partial charge on any atom is 0.254 e. The molecule has 0 spiro atoms. The molecule has 1 N–H and O–H groups in total. The van der Waals surface area contributed by atoms with E-state index in [4.69, 9.17) is 14.2 Å². The number of carbonyl (C=O) groups is 3. The van der Waals surface area contributed by atoms with Gasteiger partial charge in [0.15, 0.2) is 17.4 Å². The molecular weight excluding hydrogens is 796 g/mol. The predicted octanol–water partition coefficient (Wildman–Crippen LogP) is 10.4. The van der Waals surface area contributed by atoms with Crippen molar-refractivity contribution < 1.29 is 41.8 Å². The molecule has 4 unspecified atom stereocenters. The van der Waals surface area contributed by atoms with E-state index in [0.29, 0.717) is 48.2 Å². The first-order valence-electron chi connectivity index (χ1n) is 22.5. The minimum absolute atomic E-state index is 0.0947. The number of halogens is 3. The first-order valence-corrected chi connectivity index (χ1v) is 22.5. The third-order valence-corrected chi connectivity index (χ3v) is 12.8. The summed E-state index contributed by atoms with van der Waals surface area (Å²) in [5.74, 6) is -2.35. The molecule has 12 heteroatoms. The lowest BCUT2D eigenvalue weighted by Gasteiger charge is -2.33. The van der Waals surface area contributed by atoms with E-state index in [1.807, 2.05) is 42.5 Å². The smallest absolute Gasteiger partial charge is 0.254 e. The van der Waals surface area contributed by atoms with Gasteiger partial charge in [-0.2, -0.15) is 0 Å². The summed E-state index contributed by atoms with van der Waals surface area (Å²) >= 11 is 0. The summed E-state index contributed by atoms with van der Waals surface area (Å²) < 4.78 is 63.7. The van der Waals surface area contributed by atoms with Crippen molar-refractivity contribution in [2.75, 3.05) is 19.7 Å². The van der Waals surface area contributed by atoms with Gasteiger partial charge in [-0.05, 0) is 67.5 Å². The fourth-order valence-corrected chi connectivity index (χ4v) is 9.51. The molecule has 9 nitrogen and oxygen atoms in total. The number of benzene rings is 4. The standard InChI is InChI=1S/C50H56F3N3O6/c51-36-28-43(56(30-36)49(58)35-26-40(52)47(41(53)27-35)61-32-34-18-11-8-12-19-34)50(59)55-25-15-21-42(55)48(57)54-46-38-20-13-14-22-44(38)62-45-29-37(23-24-39(45)46)60-31-33-16-9-6-4-2-1-3-5-7-10-17-33/h8,11-14,18-20,22-24,26-27,29,33,36,42-43,46H,1-7,9-10,15-17,21,25,28,30-32H2,(H,54,57). The third-order valence-electron chi connectivity index (χ3n) is 12.8. The molecule has 0 radical (unpaired) electrons. The van der Waals surface area contributed by atoms with Crippen LogP contribution in [0.1, 0.15) is 123 Å². The Hall–Kier alpha value is -5.52. The molecule has 1 aliphatic carbocycles. The van der Waals surface area contributed by atoms with Crippen molar-refractivity contribution in [3.8, 4) is 23.0 Å². The van der Waals surface area contributed by atoms with Crippen molar-refractivity contribution in [1.29, 1.82) is 0 Å². The highest BCUT2D eigenvalue weighted by Crippen LogP contribution is 2.44. The first kappa shape index (κ1) is 43.1. The van der Waals surface area contributed by atoms with E-state index in [0.717, 1.165) is 41.0 Å². The summed E-state index contributed by atoms with van der Waals surface area (Å²) in [5.41, 5.74) is 1.82. The van der Waals surface area contributed by atoms with Crippen LogP contribution >= 0.6 is 0 Å². The summed E-state index contributed by atoms with van der Waals surface area (Å²) in [6.07, 6.45) is 13.0. The second-order valence-electron chi connectivity index (χ2n) is 17.3. The van der Waals surface area contributed by atoms with Gasteiger partial charge in [-0.1, -0.05) is 106 Å². The van der Waals surface area contributed by atoms with Gasteiger partial charge in [0, 0.05) is 35.7 Å². The van der Waals surface area contributed by atoms with Crippen LogP contribution in [0.25, 0.3) is 0 Å². The van der Waals surface area contributed by atoms with Gasteiger partial charge in [-0.15, -0.1) is 0 Å². The Morgan fingerprint density at radius 1 is 0.694 bits per heavy atom. The number of amides is 3. The molecule has 2 saturated heterocycles. The molecular formula is C50H56F3N3O6. The van der Waals surface area contributed by atoms with E-state index in [1.54, 1.807) is 30.3 Å². The number of alkyl halides is 1. The van der Waals surface area contributed by atoms with E-state index >= 15 is 13.2 Å². The van der Waals surface area contributed by atoms with E-state index < -0.39 is 65.9 Å². The summed E-state index contributed by atoms with van der Waals surface area (Å²) in [5, 5.41) is 3.19. The number of fused-ring (bicyclic) bond motifs is 2. The van der Waals surface area contributed by atoms with Gasteiger partial charge in [0.05, 0.1) is 19.2 Å². The molecule has 1 saturated carbocycles. The lowest BCUT2D eigenvalue weighted by molar-refractivity contribution is -0.141. The summed E-state index contributed by atoms with van der Waals surface area (Å²) in [6, 6.07) is 21.0. The molecule has 0 aromatic heterocycles. The second kappa shape index (κ2) is 20.1. The second-order valence-corrected chi connectivity index (χ2v) is 17.3. The lowest BCUT2D eigenvalue weighted by Crippen LogP contribution is -2.53. The van der Waals surface area contributed by atoms with Crippen LogP contribution in [-0.4, -0.2) is 65.5 Å². The molecule has 4 aliphatic rings. The van der Waals surface area contributed by atoms with E-state index in [1.165, 1.54) is 62.7 Å². The van der Waals surface area contributed by atoms with Crippen LogP contribution in [0.15, 0.2) is 84.9 Å². The SMILES string of the molecule is O=C(NC1c2ccccc2Oc2cc(OCC3CCCCCCCCCCC3)ccc21)C1CCCN1C(=O)C1CC(F)CN1C(=O)c1cc(F)c(OCc2ccccc2)c(F)c1. The van der Waals surface area contributed by atoms with Crippen LogP contribution in [0, 0.1) is 17.6 Å². The predicted molar refractivity (Wildman–Crippen MR) is 229 cm³/mol. The average molecular weight is 852 g/mol. The van der Waals surface area contributed by atoms with Gasteiger partial charge in [0.2, 0.25) is 11.8 Å². The summed E-state index contributed by atoms with van der Waals surface area (Å²) in [7, 11) is 0. The van der Waals surface area contributed by atoms with Gasteiger partial charge in [-0.25, -0.2) is 13.2 Å². The van der Waals surface area contributed by atoms with Gasteiger partial charge in [-0.3, -0.25) is 14.4 Å². The number of nitrogens with zero attached hydrogens (tertiary/aromatic N) is 2. The average Bonchev–Trinajstić information content (AvgIpc) is 3.93. The Bertz CT molecular complexity index is 2170. The monoisotopic (exact) mass is 851 g/mol. The highest BCUT2D eigenvalue weighted by Gasteiger charge is 2.46. The van der Waals surface area contributed by atoms with Crippen LogP contribution in [0.2, 0.25) is 0 Å². The van der Waals surface area contributed by atoms with Crippen molar-refractivity contribution in [1.82, 2.24) is 15.1 Å². The van der Waals surface area contributed by atoms with Crippen molar-refractivity contribution in [3.63, 3.8) is 0 Å². The molecule has 3 heterocycles. The highest BCUT2D eigenvalue weighted by molar-refractivity contribution is 5.99. The first-order chi connectivity index (χ1) is 30.2. The third kappa shape index (κ3) is 10.1. The molecule has 62 heavy (non-hydrogen) atoms. The normalized spacial score (nSPS) is 22.0. The number of carbonyl (C=O) groups excluding carboxylic acids is 3. The van der Waals surface area contributed by atoms with E-state index in [-0.39, 0.29) is 25.1 Å². The lowest BCUT2D eigenvalue weighted by atomic mass is 9.93. The van der Waals surface area contributed by atoms with Crippen LogP contribution in [0.4, 0.5) is 13.2 Å². The molecule has 328 valence electrons.